The number of carbonyl (C=O) groups excluding carboxylic acids is 1. The van der Waals surface area contributed by atoms with E-state index in [9.17, 15) is 4.79 Å². The van der Waals surface area contributed by atoms with E-state index in [0.29, 0.717) is 5.56 Å². The number of hydrogen-bond acceptors (Lipinski definition) is 8. The molecule has 0 saturated carbocycles. The van der Waals surface area contributed by atoms with E-state index < -0.39 is 10.2 Å². The van der Waals surface area contributed by atoms with Crippen molar-refractivity contribution in [1.29, 1.82) is 0 Å². The molecule has 0 atom stereocenters. The summed E-state index contributed by atoms with van der Waals surface area (Å²) in [5.74, 6) is 1.30. The predicted octanol–water partition coefficient (Wildman–Crippen LogP) is -2.93. The number of ether oxygens (including phenoxy) is 2. The van der Waals surface area contributed by atoms with Gasteiger partial charge in [-0.15, -0.1) is 10.2 Å². The molecule has 0 fully saturated rings. The van der Waals surface area contributed by atoms with Crippen LogP contribution in [0.15, 0.2) is 48.5 Å². The number of esters is 1. The zero-order valence-corrected chi connectivity index (χ0v) is 20.9. The molecule has 0 aliphatic carbocycles. The molecule has 0 saturated heterocycles. The number of anilines is 1. The van der Waals surface area contributed by atoms with Crippen molar-refractivity contribution < 1.29 is 48.1 Å². The van der Waals surface area contributed by atoms with Gasteiger partial charge in [0.25, 0.3) is 0 Å². The van der Waals surface area contributed by atoms with Crippen molar-refractivity contribution in [3.63, 3.8) is 0 Å². The van der Waals surface area contributed by atoms with E-state index in [1.54, 1.807) is 0 Å². The van der Waals surface area contributed by atoms with E-state index in [-0.39, 0.29) is 5.97 Å². The number of methoxy groups -OCH3 is 1. The summed E-state index contributed by atoms with van der Waals surface area (Å²) in [6.45, 7) is 1.95. The maximum atomic E-state index is 12.7. The second-order valence-corrected chi connectivity index (χ2v) is 9.72. The van der Waals surface area contributed by atoms with E-state index in [0.717, 1.165) is 83.2 Å². The fourth-order valence-corrected chi connectivity index (χ4v) is 5.10. The highest BCUT2D eigenvalue weighted by Gasteiger charge is 2.27. The summed E-state index contributed by atoms with van der Waals surface area (Å²) in [5, 5.41) is 5.67. The molecule has 3 aliphatic heterocycles. The van der Waals surface area contributed by atoms with E-state index in [2.05, 4.69) is 34.6 Å². The summed E-state index contributed by atoms with van der Waals surface area (Å²) in [6, 6.07) is 16.4. The van der Waals surface area contributed by atoms with Crippen LogP contribution < -0.4 is 44.3 Å². The SMILES string of the molecule is COC(=O)c1ccccc1C1=c2cc3c(cc2Oc2cc4c(cc21)CCCN4)=[NH+]CCC3.[O-][Cl+3]([O-])([O-])[O-]. The van der Waals surface area contributed by atoms with Crippen molar-refractivity contribution in [1.82, 2.24) is 0 Å². The van der Waals surface area contributed by atoms with E-state index in [4.69, 9.17) is 28.1 Å². The summed E-state index contributed by atoms with van der Waals surface area (Å²) in [7, 11) is -3.51. The van der Waals surface area contributed by atoms with Crippen molar-refractivity contribution in [2.75, 3.05) is 25.5 Å². The Labute approximate surface area is 215 Å². The number of nitrogens with one attached hydrogen (secondary N) is 2. The third-order valence-electron chi connectivity index (χ3n) is 6.65. The Hall–Kier alpha value is -3.47. The monoisotopic (exact) mass is 524 g/mol. The van der Waals surface area contributed by atoms with Crippen molar-refractivity contribution in [2.24, 2.45) is 0 Å². The number of aryl methyl sites for hydroxylation is 2. The summed E-state index contributed by atoms with van der Waals surface area (Å²) in [6.07, 6.45) is 4.28. The average molecular weight is 525 g/mol. The topological polar surface area (TPSA) is 154 Å². The van der Waals surface area contributed by atoms with Crippen LogP contribution in [0.1, 0.15) is 45.5 Å². The van der Waals surface area contributed by atoms with Crippen molar-refractivity contribution >= 4 is 17.2 Å². The van der Waals surface area contributed by atoms with Crippen LogP contribution in [0.25, 0.3) is 5.57 Å². The average Bonchev–Trinajstić information content (AvgIpc) is 2.88. The largest absolute Gasteiger partial charge is 0.465 e. The molecule has 0 spiro atoms. The highest BCUT2D eigenvalue weighted by Crippen LogP contribution is 2.41. The van der Waals surface area contributed by atoms with Gasteiger partial charge in [-0.3, -0.25) is 0 Å². The third kappa shape index (κ3) is 5.31. The molecule has 3 aromatic rings. The summed E-state index contributed by atoms with van der Waals surface area (Å²) < 4.78 is 45.6. The molecule has 37 heavy (non-hydrogen) atoms. The Morgan fingerprint density at radius 1 is 0.973 bits per heavy atom. The molecule has 0 bridgehead atoms. The number of halogens is 1. The smallest absolute Gasteiger partial charge is 0.338 e. The fourth-order valence-electron chi connectivity index (χ4n) is 5.10. The molecular formula is C27H25ClN2O7. The molecule has 3 heterocycles. The van der Waals surface area contributed by atoms with E-state index >= 15 is 0 Å². The van der Waals surface area contributed by atoms with Crippen LogP contribution in [-0.4, -0.2) is 26.2 Å². The fraction of sp³-hybridized carbons (Fsp3) is 0.259. The van der Waals surface area contributed by atoms with Crippen LogP contribution >= 0.6 is 0 Å². The second-order valence-electron chi connectivity index (χ2n) is 8.96. The van der Waals surface area contributed by atoms with Gasteiger partial charge in [0, 0.05) is 46.6 Å². The van der Waals surface area contributed by atoms with Gasteiger partial charge in [-0.25, -0.2) is 28.4 Å². The first-order valence-electron chi connectivity index (χ1n) is 11.9. The molecule has 0 radical (unpaired) electrons. The number of fused-ring (bicyclic) bond motifs is 4. The number of benzene rings is 3. The van der Waals surface area contributed by atoms with Crippen LogP contribution in [0.2, 0.25) is 0 Å². The molecule has 0 amide bonds. The number of carbonyl (C=O) groups is 1. The first-order valence-corrected chi connectivity index (χ1v) is 13.1. The lowest BCUT2D eigenvalue weighted by Crippen LogP contribution is -2.79. The molecule has 3 aromatic carbocycles. The van der Waals surface area contributed by atoms with Crippen LogP contribution in [0.4, 0.5) is 5.69 Å². The van der Waals surface area contributed by atoms with Gasteiger partial charge in [0.15, 0.2) is 0 Å². The van der Waals surface area contributed by atoms with Crippen LogP contribution in [0.5, 0.6) is 11.5 Å². The lowest BCUT2D eigenvalue weighted by Gasteiger charge is -2.26. The Bertz CT molecular complexity index is 1490. The molecule has 3 aliphatic rings. The Balaban J connectivity index is 0.000000514. The van der Waals surface area contributed by atoms with Crippen molar-refractivity contribution in [3.8, 4) is 11.5 Å². The number of hydrogen-bond donors (Lipinski definition) is 2. The number of rotatable bonds is 2. The molecule has 2 N–H and O–H groups in total. The van der Waals surface area contributed by atoms with Gasteiger partial charge < -0.3 is 14.8 Å². The van der Waals surface area contributed by atoms with Gasteiger partial charge in [0.2, 0.25) is 5.36 Å². The van der Waals surface area contributed by atoms with Crippen molar-refractivity contribution in [3.05, 3.63) is 86.9 Å². The molecule has 0 aromatic heterocycles. The zero-order chi connectivity index (χ0) is 26.2. The van der Waals surface area contributed by atoms with Crippen LogP contribution in [-0.2, 0) is 17.6 Å². The van der Waals surface area contributed by atoms with Gasteiger partial charge >= 0.3 is 5.97 Å². The maximum Gasteiger partial charge on any atom is 0.338 e. The van der Waals surface area contributed by atoms with Crippen molar-refractivity contribution in [2.45, 2.75) is 25.7 Å². The summed E-state index contributed by atoms with van der Waals surface area (Å²) in [5.41, 5.74) is 7.21. The van der Waals surface area contributed by atoms with Crippen LogP contribution in [0, 0.1) is 10.2 Å². The lowest BCUT2D eigenvalue weighted by atomic mass is 9.87. The van der Waals surface area contributed by atoms with E-state index in [1.165, 1.54) is 18.2 Å². The molecule has 10 heteroatoms. The molecule has 192 valence electrons. The highest BCUT2D eigenvalue weighted by molar-refractivity contribution is 5.99. The third-order valence-corrected chi connectivity index (χ3v) is 6.65. The second kappa shape index (κ2) is 10.1. The standard InChI is InChI=1S/C27H24N2O3.ClHO4/c1-31-27(30)19-9-3-2-8-18(19)26-20-12-16-6-4-10-28-22(16)14-24(20)32-25-15-23-17(13-21(25)26)7-5-11-29-23;2-1(3,4)5/h2-3,8-9,12-15,28H,4-7,10-11H2,1H3;(H,2,3,4,5). The van der Waals surface area contributed by atoms with Gasteiger partial charge in [0.05, 0.1) is 18.7 Å². The van der Waals surface area contributed by atoms with Gasteiger partial charge in [-0.05, 0) is 48.6 Å². The van der Waals surface area contributed by atoms with Gasteiger partial charge in [-0.2, -0.15) is 0 Å². The van der Waals surface area contributed by atoms with E-state index in [1.807, 2.05) is 24.3 Å². The quantitative estimate of drug-likeness (QED) is 0.264. The molecule has 6 rings (SSSR count). The predicted molar refractivity (Wildman–Crippen MR) is 122 cm³/mol. The Kier molecular flexibility index (Phi) is 6.89. The Morgan fingerprint density at radius 3 is 2.51 bits per heavy atom. The lowest BCUT2D eigenvalue weighted by molar-refractivity contribution is -2.00. The van der Waals surface area contributed by atoms with Gasteiger partial charge in [0.1, 0.15) is 18.0 Å². The first kappa shape index (κ1) is 25.2. The highest BCUT2D eigenvalue weighted by atomic mass is 35.7. The van der Waals surface area contributed by atoms with Gasteiger partial charge in [-0.1, -0.05) is 18.2 Å². The summed E-state index contributed by atoms with van der Waals surface area (Å²) in [4.78, 5) is 16.2. The zero-order valence-electron chi connectivity index (χ0n) is 20.1. The normalized spacial score (nSPS) is 15.2. The maximum absolute atomic E-state index is 12.7. The molecular weight excluding hydrogens is 500 g/mol. The minimum atomic E-state index is -4.94. The Morgan fingerprint density at radius 2 is 1.73 bits per heavy atom. The minimum Gasteiger partial charge on any atom is -0.465 e. The molecule has 0 unspecified atom stereocenters. The summed E-state index contributed by atoms with van der Waals surface area (Å²) >= 11 is 0. The minimum absolute atomic E-state index is 0.332. The molecule has 9 nitrogen and oxygen atoms in total. The van der Waals surface area contributed by atoms with Crippen LogP contribution in [0.3, 0.4) is 0 Å². The first-order chi connectivity index (χ1) is 17.7.